The van der Waals surface area contributed by atoms with Crippen molar-refractivity contribution in [3.63, 3.8) is 0 Å². The standard InChI is InChI=1S/2C6H14.CH2O3.2K/c2*1-3-5-6-4-2;2-1(3)4;;/h2*3-6H2,1-2H3;(H2,2,3,4);;/q;;;2*+1/p-2. The van der Waals surface area contributed by atoms with E-state index in [-0.39, 0.29) is 103 Å². The maximum absolute atomic E-state index is 8.33. The van der Waals surface area contributed by atoms with Gasteiger partial charge in [0.1, 0.15) is 0 Å². The summed E-state index contributed by atoms with van der Waals surface area (Å²) in [5, 5.41) is 16.7. The Bertz CT molecular complexity index is 103. The summed E-state index contributed by atoms with van der Waals surface area (Å²) >= 11 is 0. The minimum atomic E-state index is -2.33. The molecule has 0 amide bonds. The molecule has 0 aliphatic heterocycles. The van der Waals surface area contributed by atoms with E-state index in [0.29, 0.717) is 0 Å². The summed E-state index contributed by atoms with van der Waals surface area (Å²) in [6.45, 7) is 8.93. The maximum Gasteiger partial charge on any atom is 1.00 e. The Labute approximate surface area is 199 Å². The average molecular weight is 311 g/mol. The van der Waals surface area contributed by atoms with E-state index >= 15 is 0 Å². The molecule has 0 saturated heterocycles. The Morgan fingerprint density at radius 2 is 0.778 bits per heavy atom. The van der Waals surface area contributed by atoms with E-state index in [9.17, 15) is 0 Å². The Kier molecular flexibility index (Phi) is 66.1. The third kappa shape index (κ3) is 78.2. The van der Waals surface area contributed by atoms with Gasteiger partial charge < -0.3 is 15.0 Å². The second kappa shape index (κ2) is 36.6. The van der Waals surface area contributed by atoms with Gasteiger partial charge in [-0.25, -0.2) is 0 Å². The normalized spacial score (nSPS) is 7.33. The first-order valence-electron chi connectivity index (χ1n) is 6.44. The number of carbonyl (C=O) groups excluding carboxylic acids is 1. The minimum absolute atomic E-state index is 0. The molecule has 0 aromatic rings. The van der Waals surface area contributed by atoms with E-state index in [1.54, 1.807) is 0 Å². The van der Waals surface area contributed by atoms with E-state index in [2.05, 4.69) is 27.7 Å². The number of hydrogen-bond acceptors (Lipinski definition) is 3. The monoisotopic (exact) mass is 310 g/mol. The summed E-state index contributed by atoms with van der Waals surface area (Å²) in [5.74, 6) is 0. The van der Waals surface area contributed by atoms with Crippen LogP contribution in [0.5, 0.6) is 0 Å². The van der Waals surface area contributed by atoms with Crippen LogP contribution < -0.4 is 113 Å². The molecule has 100 valence electrons. The molecule has 0 unspecified atom stereocenters. The second-order valence-electron chi connectivity index (χ2n) is 3.66. The number of rotatable bonds is 6. The summed E-state index contributed by atoms with van der Waals surface area (Å²) in [6, 6.07) is 0. The van der Waals surface area contributed by atoms with E-state index in [4.69, 9.17) is 15.0 Å². The first-order valence-corrected chi connectivity index (χ1v) is 6.44. The molecule has 0 saturated carbocycles. The molecule has 0 aliphatic rings. The van der Waals surface area contributed by atoms with Crippen molar-refractivity contribution in [1.29, 1.82) is 0 Å². The molecule has 0 aromatic carbocycles. The molecular weight excluding hydrogens is 282 g/mol. The second-order valence-corrected chi connectivity index (χ2v) is 3.66. The molecular formula is C13H28K2O3. The van der Waals surface area contributed by atoms with Crippen LogP contribution in [0.25, 0.3) is 0 Å². The molecule has 0 heterocycles. The molecule has 0 bridgehead atoms. The van der Waals surface area contributed by atoms with Crippen molar-refractivity contribution in [1.82, 2.24) is 0 Å². The molecule has 0 aliphatic carbocycles. The van der Waals surface area contributed by atoms with Crippen molar-refractivity contribution in [3.05, 3.63) is 0 Å². The van der Waals surface area contributed by atoms with Crippen molar-refractivity contribution in [2.45, 2.75) is 79.1 Å². The van der Waals surface area contributed by atoms with Gasteiger partial charge in [0.15, 0.2) is 0 Å². The fourth-order valence-electron chi connectivity index (χ4n) is 1.000. The van der Waals surface area contributed by atoms with E-state index in [0.717, 1.165) is 0 Å². The minimum Gasteiger partial charge on any atom is -0.652 e. The predicted molar refractivity (Wildman–Crippen MR) is 65.0 cm³/mol. The van der Waals surface area contributed by atoms with Crippen LogP contribution in [0.1, 0.15) is 79.1 Å². The van der Waals surface area contributed by atoms with Crippen LogP contribution in [0.15, 0.2) is 0 Å². The van der Waals surface area contributed by atoms with Crippen LogP contribution >= 0.6 is 0 Å². The number of carbonyl (C=O) groups is 1. The molecule has 0 spiro atoms. The molecule has 0 radical (unpaired) electrons. The van der Waals surface area contributed by atoms with E-state index in [1.807, 2.05) is 0 Å². The zero-order valence-corrected chi connectivity index (χ0v) is 19.6. The quantitative estimate of drug-likeness (QED) is 0.382. The van der Waals surface area contributed by atoms with E-state index in [1.165, 1.54) is 51.4 Å². The third-order valence-electron chi connectivity index (χ3n) is 1.91. The summed E-state index contributed by atoms with van der Waals surface area (Å²) in [5.41, 5.74) is 0. The fourth-order valence-corrected chi connectivity index (χ4v) is 1.000. The van der Waals surface area contributed by atoms with Gasteiger partial charge >= 0.3 is 103 Å². The first kappa shape index (κ1) is 32.5. The van der Waals surface area contributed by atoms with Gasteiger partial charge in [0.25, 0.3) is 0 Å². The van der Waals surface area contributed by atoms with Crippen molar-refractivity contribution in [3.8, 4) is 0 Å². The van der Waals surface area contributed by atoms with Crippen molar-refractivity contribution in [2.24, 2.45) is 0 Å². The SMILES string of the molecule is CCCCCC.CCCCCC.O=C([O-])[O-].[K+].[K+]. The molecule has 5 heteroatoms. The summed E-state index contributed by atoms with van der Waals surface area (Å²) in [4.78, 5) is 8.33. The molecule has 0 fully saturated rings. The van der Waals surface area contributed by atoms with Gasteiger partial charge in [0.2, 0.25) is 0 Å². The Morgan fingerprint density at radius 3 is 0.833 bits per heavy atom. The van der Waals surface area contributed by atoms with Crippen LogP contribution in [0.2, 0.25) is 0 Å². The Hall–Kier alpha value is 2.54. The van der Waals surface area contributed by atoms with Gasteiger partial charge in [-0.2, -0.15) is 0 Å². The van der Waals surface area contributed by atoms with Gasteiger partial charge in [-0.3, -0.25) is 0 Å². The molecule has 18 heavy (non-hydrogen) atoms. The van der Waals surface area contributed by atoms with Crippen LogP contribution in [0, 0.1) is 0 Å². The van der Waals surface area contributed by atoms with Crippen LogP contribution in [-0.4, -0.2) is 6.16 Å². The predicted octanol–water partition coefficient (Wildman–Crippen LogP) is -3.27. The molecule has 0 atom stereocenters. The van der Waals surface area contributed by atoms with Crippen LogP contribution in [0.4, 0.5) is 4.79 Å². The first-order chi connectivity index (χ1) is 7.56. The third-order valence-corrected chi connectivity index (χ3v) is 1.91. The van der Waals surface area contributed by atoms with Gasteiger partial charge in [-0.05, 0) is 6.16 Å². The maximum atomic E-state index is 8.33. The molecule has 0 N–H and O–H groups in total. The van der Waals surface area contributed by atoms with Crippen LogP contribution in [0.3, 0.4) is 0 Å². The molecule has 0 rings (SSSR count). The number of hydrogen-bond donors (Lipinski definition) is 0. The van der Waals surface area contributed by atoms with Gasteiger partial charge in [0.05, 0.1) is 0 Å². The smallest absolute Gasteiger partial charge is 0.652 e. The molecule has 3 nitrogen and oxygen atoms in total. The fraction of sp³-hybridized carbons (Fsp3) is 0.923. The number of carboxylic acid groups (broad SMARTS) is 2. The average Bonchev–Trinajstić information content (AvgIpc) is 2.23. The van der Waals surface area contributed by atoms with Crippen LogP contribution in [-0.2, 0) is 0 Å². The largest absolute Gasteiger partial charge is 1.00 e. The summed E-state index contributed by atoms with van der Waals surface area (Å²) in [6.07, 6.45) is 8.74. The number of unbranched alkanes of at least 4 members (excludes halogenated alkanes) is 6. The molecule has 0 aromatic heterocycles. The van der Waals surface area contributed by atoms with E-state index < -0.39 is 6.16 Å². The van der Waals surface area contributed by atoms with Crippen molar-refractivity contribution in [2.75, 3.05) is 0 Å². The topological polar surface area (TPSA) is 63.2 Å². The zero-order valence-electron chi connectivity index (χ0n) is 13.4. The van der Waals surface area contributed by atoms with Gasteiger partial charge in [-0.15, -0.1) is 0 Å². The van der Waals surface area contributed by atoms with Crippen molar-refractivity contribution >= 4 is 6.16 Å². The Morgan fingerprint density at radius 1 is 0.667 bits per heavy atom. The van der Waals surface area contributed by atoms with Crippen molar-refractivity contribution < 1.29 is 118 Å². The van der Waals surface area contributed by atoms with Gasteiger partial charge in [0, 0.05) is 0 Å². The van der Waals surface area contributed by atoms with Gasteiger partial charge in [-0.1, -0.05) is 79.1 Å². The zero-order chi connectivity index (χ0) is 13.2. The summed E-state index contributed by atoms with van der Waals surface area (Å²) < 4.78 is 0. The summed E-state index contributed by atoms with van der Waals surface area (Å²) in [7, 11) is 0. The Balaban J connectivity index is -0.0000000454.